The molecular formula is C18H21N3O4S. The zero-order chi connectivity index (χ0) is 18.4. The van der Waals surface area contributed by atoms with Gasteiger partial charge in [0.1, 0.15) is 0 Å². The van der Waals surface area contributed by atoms with Crippen LogP contribution >= 0.6 is 11.3 Å². The van der Waals surface area contributed by atoms with Crippen LogP contribution in [-0.4, -0.2) is 35.3 Å². The van der Waals surface area contributed by atoms with Gasteiger partial charge in [0.15, 0.2) is 5.13 Å². The highest BCUT2D eigenvalue weighted by atomic mass is 32.1. The normalized spacial score (nSPS) is 14.8. The quantitative estimate of drug-likeness (QED) is 0.715. The van der Waals surface area contributed by atoms with Gasteiger partial charge in [0.2, 0.25) is 0 Å². The topological polar surface area (TPSA) is 101 Å². The average Bonchev–Trinajstić information content (AvgIpc) is 3.09. The van der Waals surface area contributed by atoms with Crippen molar-refractivity contribution in [2.24, 2.45) is 0 Å². The van der Waals surface area contributed by atoms with Crippen LogP contribution in [0, 0.1) is 0 Å². The van der Waals surface area contributed by atoms with Crippen molar-refractivity contribution in [3.8, 4) is 0 Å². The Kier molecular flexibility index (Phi) is 6.19. The van der Waals surface area contributed by atoms with Crippen LogP contribution in [-0.2, 0) is 16.0 Å². The number of nitrogens with zero attached hydrogens (tertiary/aromatic N) is 1. The molecule has 138 valence electrons. The Morgan fingerprint density at radius 2 is 2.08 bits per heavy atom. The molecule has 2 heterocycles. The van der Waals surface area contributed by atoms with E-state index in [-0.39, 0.29) is 12.5 Å². The van der Waals surface area contributed by atoms with E-state index in [1.807, 2.05) is 11.4 Å². The van der Waals surface area contributed by atoms with E-state index in [0.717, 1.165) is 37.3 Å². The maximum Gasteiger partial charge on any atom is 0.325 e. The number of carbonyl (C=O) groups excluding carboxylic acids is 1. The number of hydrogen-bond acceptors (Lipinski definition) is 5. The molecule has 0 atom stereocenters. The van der Waals surface area contributed by atoms with Crippen LogP contribution in [0.25, 0.3) is 0 Å². The molecule has 0 bridgehead atoms. The fourth-order valence-corrected chi connectivity index (χ4v) is 3.63. The molecule has 0 saturated carbocycles. The van der Waals surface area contributed by atoms with E-state index < -0.39 is 5.97 Å². The number of anilines is 2. The molecule has 1 aromatic carbocycles. The fourth-order valence-electron chi connectivity index (χ4n) is 2.84. The Balaban J connectivity index is 1.54. The number of nitrogens with one attached hydrogen (secondary N) is 2. The van der Waals surface area contributed by atoms with Gasteiger partial charge in [-0.2, -0.15) is 0 Å². The van der Waals surface area contributed by atoms with Gasteiger partial charge in [-0.25, -0.2) is 9.78 Å². The van der Waals surface area contributed by atoms with Crippen molar-refractivity contribution in [1.82, 2.24) is 4.98 Å². The molecule has 1 aromatic heterocycles. The molecule has 0 radical (unpaired) electrons. The van der Waals surface area contributed by atoms with Crippen LogP contribution in [0.5, 0.6) is 0 Å². The molecule has 2 amide bonds. The monoisotopic (exact) mass is 375 g/mol. The molecule has 26 heavy (non-hydrogen) atoms. The zero-order valence-electron chi connectivity index (χ0n) is 14.2. The van der Waals surface area contributed by atoms with E-state index in [0.29, 0.717) is 23.2 Å². The number of benzene rings is 1. The van der Waals surface area contributed by atoms with Gasteiger partial charge in [-0.3, -0.25) is 10.1 Å². The molecule has 1 saturated heterocycles. The number of ether oxygens (including phenoxy) is 1. The van der Waals surface area contributed by atoms with E-state index in [2.05, 4.69) is 15.6 Å². The molecule has 7 nitrogen and oxygen atoms in total. The third kappa shape index (κ3) is 5.27. The van der Waals surface area contributed by atoms with Gasteiger partial charge >= 0.3 is 12.0 Å². The molecule has 8 heteroatoms. The summed E-state index contributed by atoms with van der Waals surface area (Å²) < 4.78 is 5.36. The molecule has 0 unspecified atom stereocenters. The Labute approximate surface area is 155 Å². The number of carboxylic acid groups (broad SMARTS) is 1. The van der Waals surface area contributed by atoms with E-state index in [1.165, 1.54) is 11.3 Å². The van der Waals surface area contributed by atoms with E-state index >= 15 is 0 Å². The minimum absolute atomic E-state index is 0.0593. The second-order valence-corrected chi connectivity index (χ2v) is 7.00. The highest BCUT2D eigenvalue weighted by Gasteiger charge is 2.19. The SMILES string of the molecule is O=C(O)CCc1cccc(NC(=O)Nc2nc(C3CCOCC3)cs2)c1. The average molecular weight is 375 g/mol. The lowest BCUT2D eigenvalue weighted by molar-refractivity contribution is -0.136. The van der Waals surface area contributed by atoms with Crippen LogP contribution in [0.1, 0.15) is 36.4 Å². The summed E-state index contributed by atoms with van der Waals surface area (Å²) in [6.07, 6.45) is 2.40. The third-order valence-electron chi connectivity index (χ3n) is 4.19. The fraction of sp³-hybridized carbons (Fsp3) is 0.389. The van der Waals surface area contributed by atoms with Crippen LogP contribution in [0.4, 0.5) is 15.6 Å². The van der Waals surface area contributed by atoms with Crippen molar-refractivity contribution in [2.75, 3.05) is 23.8 Å². The highest BCUT2D eigenvalue weighted by molar-refractivity contribution is 7.13. The molecule has 1 fully saturated rings. The minimum atomic E-state index is -0.842. The molecule has 0 aliphatic carbocycles. The Morgan fingerprint density at radius 1 is 1.27 bits per heavy atom. The molecule has 3 N–H and O–H groups in total. The van der Waals surface area contributed by atoms with Crippen molar-refractivity contribution in [1.29, 1.82) is 0 Å². The van der Waals surface area contributed by atoms with Gasteiger partial charge in [-0.05, 0) is 37.0 Å². The van der Waals surface area contributed by atoms with Gasteiger partial charge < -0.3 is 15.2 Å². The highest BCUT2D eigenvalue weighted by Crippen LogP contribution is 2.29. The lowest BCUT2D eigenvalue weighted by Gasteiger charge is -2.19. The summed E-state index contributed by atoms with van der Waals surface area (Å²) in [6.45, 7) is 1.51. The number of aliphatic carboxylic acids is 1. The maximum absolute atomic E-state index is 12.2. The summed E-state index contributed by atoms with van der Waals surface area (Å²) in [5.74, 6) is -0.449. The van der Waals surface area contributed by atoms with Gasteiger partial charge in [0.25, 0.3) is 0 Å². The number of aromatic nitrogens is 1. The molecule has 2 aromatic rings. The van der Waals surface area contributed by atoms with Crippen LogP contribution in [0.2, 0.25) is 0 Å². The van der Waals surface area contributed by atoms with Crippen molar-refractivity contribution < 1.29 is 19.4 Å². The first-order chi connectivity index (χ1) is 12.6. The summed E-state index contributed by atoms with van der Waals surface area (Å²) in [4.78, 5) is 27.3. The first-order valence-corrected chi connectivity index (χ1v) is 9.40. The molecule has 1 aliphatic heterocycles. The second-order valence-electron chi connectivity index (χ2n) is 6.14. The van der Waals surface area contributed by atoms with Crippen molar-refractivity contribution >= 4 is 34.2 Å². The summed E-state index contributed by atoms with van der Waals surface area (Å²) in [6, 6.07) is 6.80. The largest absolute Gasteiger partial charge is 0.481 e. The zero-order valence-corrected chi connectivity index (χ0v) is 15.1. The number of hydrogen-bond donors (Lipinski definition) is 3. The summed E-state index contributed by atoms with van der Waals surface area (Å²) in [5, 5.41) is 16.8. The van der Waals surface area contributed by atoms with Crippen molar-refractivity contribution in [2.45, 2.75) is 31.6 Å². The number of rotatable bonds is 6. The van der Waals surface area contributed by atoms with Gasteiger partial charge in [-0.1, -0.05) is 12.1 Å². The molecule has 1 aliphatic rings. The second kappa shape index (κ2) is 8.77. The van der Waals surface area contributed by atoms with Crippen molar-refractivity contribution in [3.63, 3.8) is 0 Å². The molecule has 0 spiro atoms. The lowest BCUT2D eigenvalue weighted by atomic mass is 9.98. The maximum atomic E-state index is 12.2. The first kappa shape index (κ1) is 18.3. The predicted octanol–water partition coefficient (Wildman–Crippen LogP) is 3.70. The minimum Gasteiger partial charge on any atom is -0.481 e. The molecule has 3 rings (SSSR count). The summed E-state index contributed by atoms with van der Waals surface area (Å²) in [7, 11) is 0. The Bertz CT molecular complexity index is 771. The third-order valence-corrected chi connectivity index (χ3v) is 4.97. The van der Waals surface area contributed by atoms with E-state index in [9.17, 15) is 9.59 Å². The summed E-state index contributed by atoms with van der Waals surface area (Å²) in [5.41, 5.74) is 2.48. The smallest absolute Gasteiger partial charge is 0.325 e. The van der Waals surface area contributed by atoms with Crippen LogP contribution < -0.4 is 10.6 Å². The molecular weight excluding hydrogens is 354 g/mol. The standard InChI is InChI=1S/C18H21N3O4S/c22-16(23)5-4-12-2-1-3-14(10-12)19-17(24)21-18-20-15(11-26-18)13-6-8-25-9-7-13/h1-3,10-11,13H,4-9H2,(H,22,23)(H2,19,20,21,24). The number of carbonyl (C=O) groups is 2. The van der Waals surface area contributed by atoms with Gasteiger partial charge in [0, 0.05) is 36.6 Å². The van der Waals surface area contributed by atoms with Crippen LogP contribution in [0.3, 0.4) is 0 Å². The Hall–Kier alpha value is -2.45. The number of urea groups is 1. The van der Waals surface area contributed by atoms with Crippen molar-refractivity contribution in [3.05, 3.63) is 40.9 Å². The van der Waals surface area contributed by atoms with E-state index in [1.54, 1.807) is 18.2 Å². The number of carboxylic acids is 1. The first-order valence-electron chi connectivity index (χ1n) is 8.52. The Morgan fingerprint density at radius 3 is 2.85 bits per heavy atom. The summed E-state index contributed by atoms with van der Waals surface area (Å²) >= 11 is 1.41. The number of aryl methyl sites for hydroxylation is 1. The van der Waals surface area contributed by atoms with Gasteiger partial charge in [0.05, 0.1) is 5.69 Å². The number of amides is 2. The predicted molar refractivity (Wildman–Crippen MR) is 99.9 cm³/mol. The van der Waals surface area contributed by atoms with E-state index in [4.69, 9.17) is 9.84 Å². The number of thiazole rings is 1. The van der Waals surface area contributed by atoms with Crippen LogP contribution in [0.15, 0.2) is 29.6 Å². The van der Waals surface area contributed by atoms with Gasteiger partial charge in [-0.15, -0.1) is 11.3 Å². The lowest BCUT2D eigenvalue weighted by Crippen LogP contribution is -2.19.